The molecule has 0 saturated heterocycles. The zero-order valence-corrected chi connectivity index (χ0v) is 22.1. The highest BCUT2D eigenvalue weighted by Gasteiger charge is 2.31. The van der Waals surface area contributed by atoms with Gasteiger partial charge in [-0.15, -0.1) is 0 Å². The Morgan fingerprint density at radius 1 is 0.925 bits per heavy atom. The molecule has 40 heavy (non-hydrogen) atoms. The lowest BCUT2D eigenvalue weighted by Gasteiger charge is -2.25. The van der Waals surface area contributed by atoms with Crippen molar-refractivity contribution >= 4 is 34.4 Å². The number of carbonyl (C=O) groups is 3. The molecule has 1 heterocycles. The number of aromatic amines is 1. The lowest BCUT2D eigenvalue weighted by Crippen LogP contribution is -2.54. The molecule has 10 nitrogen and oxygen atoms in total. The summed E-state index contributed by atoms with van der Waals surface area (Å²) in [6.45, 7) is 3.59. The van der Waals surface area contributed by atoms with E-state index in [1.54, 1.807) is 20.0 Å². The Labute approximate surface area is 230 Å². The highest BCUT2D eigenvalue weighted by Crippen LogP contribution is 2.21. The molecule has 10 heteroatoms. The summed E-state index contributed by atoms with van der Waals surface area (Å²) in [6.07, 6.45) is 1.82. The number of para-hydroxylation sites is 2. The minimum absolute atomic E-state index is 0.0476. The van der Waals surface area contributed by atoms with Crippen molar-refractivity contribution in [1.29, 1.82) is 0 Å². The fourth-order valence-electron chi connectivity index (χ4n) is 4.36. The van der Waals surface area contributed by atoms with Crippen LogP contribution in [0.25, 0.3) is 10.9 Å². The van der Waals surface area contributed by atoms with Crippen molar-refractivity contribution in [2.45, 2.75) is 39.0 Å². The van der Waals surface area contributed by atoms with Crippen LogP contribution in [0.1, 0.15) is 35.3 Å². The number of nitro benzene ring substituents is 1. The van der Waals surface area contributed by atoms with Gasteiger partial charge in [-0.3, -0.25) is 19.7 Å². The molecular weight excluding hydrogens is 512 g/mol. The maximum absolute atomic E-state index is 13.6. The van der Waals surface area contributed by atoms with Gasteiger partial charge < -0.3 is 20.4 Å². The maximum atomic E-state index is 13.6. The highest BCUT2D eigenvalue weighted by atomic mass is 16.6. The van der Waals surface area contributed by atoms with Crippen LogP contribution in [-0.4, -0.2) is 39.8 Å². The van der Waals surface area contributed by atoms with E-state index >= 15 is 0 Å². The predicted molar refractivity (Wildman–Crippen MR) is 149 cm³/mol. The van der Waals surface area contributed by atoms with Crippen LogP contribution in [0.4, 0.5) is 5.69 Å². The van der Waals surface area contributed by atoms with Crippen molar-refractivity contribution in [2.75, 3.05) is 0 Å². The first-order valence-electron chi connectivity index (χ1n) is 12.8. The van der Waals surface area contributed by atoms with Gasteiger partial charge in [-0.05, 0) is 29.2 Å². The fourth-order valence-corrected chi connectivity index (χ4v) is 4.36. The molecular formula is C30H30N4O6. The van der Waals surface area contributed by atoms with E-state index in [-0.39, 0.29) is 30.2 Å². The first-order chi connectivity index (χ1) is 19.2. The minimum atomic E-state index is -1.14. The summed E-state index contributed by atoms with van der Waals surface area (Å²) in [6, 6.07) is 20.1. The van der Waals surface area contributed by atoms with Crippen LogP contribution in [0.15, 0.2) is 85.1 Å². The average molecular weight is 543 g/mol. The molecule has 0 aliphatic heterocycles. The number of aromatic nitrogens is 1. The molecule has 2 atom stereocenters. The number of benzene rings is 3. The molecule has 0 aliphatic rings. The van der Waals surface area contributed by atoms with E-state index in [0.717, 1.165) is 22.0 Å². The fraction of sp³-hybridized carbons (Fsp3) is 0.233. The number of fused-ring (bicyclic) bond motifs is 1. The number of ether oxygens (including phenoxy) is 1. The molecule has 4 rings (SSSR count). The SMILES string of the molecule is CC(C)[C@H](NC(=O)[C@@H](Cc1c[nH]c2ccccc12)NC(=O)c1ccccc1[N+](=O)[O-])C(=O)OCc1ccccc1. The van der Waals surface area contributed by atoms with Crippen molar-refractivity contribution in [3.05, 3.63) is 112 Å². The van der Waals surface area contributed by atoms with Crippen LogP contribution in [0.2, 0.25) is 0 Å². The molecule has 3 N–H and O–H groups in total. The van der Waals surface area contributed by atoms with Gasteiger partial charge in [0.25, 0.3) is 11.6 Å². The van der Waals surface area contributed by atoms with E-state index in [0.29, 0.717) is 0 Å². The molecule has 2 amide bonds. The minimum Gasteiger partial charge on any atom is -0.459 e. The Morgan fingerprint density at radius 3 is 2.33 bits per heavy atom. The third kappa shape index (κ3) is 6.71. The second kappa shape index (κ2) is 12.7. The van der Waals surface area contributed by atoms with Crippen molar-refractivity contribution in [3.63, 3.8) is 0 Å². The summed E-state index contributed by atoms with van der Waals surface area (Å²) >= 11 is 0. The summed E-state index contributed by atoms with van der Waals surface area (Å²) in [5.74, 6) is -2.32. The molecule has 0 fully saturated rings. The van der Waals surface area contributed by atoms with E-state index in [2.05, 4.69) is 15.6 Å². The van der Waals surface area contributed by atoms with Crippen molar-refractivity contribution < 1.29 is 24.0 Å². The van der Waals surface area contributed by atoms with Gasteiger partial charge in [-0.1, -0.05) is 74.5 Å². The Hall–Kier alpha value is -4.99. The van der Waals surface area contributed by atoms with E-state index < -0.39 is 34.8 Å². The molecule has 0 saturated carbocycles. The third-order valence-corrected chi connectivity index (χ3v) is 6.51. The summed E-state index contributed by atoms with van der Waals surface area (Å²) in [5.41, 5.74) is 1.86. The lowest BCUT2D eigenvalue weighted by atomic mass is 10.0. The molecule has 3 aromatic carbocycles. The van der Waals surface area contributed by atoms with Gasteiger partial charge in [0.1, 0.15) is 24.3 Å². The van der Waals surface area contributed by atoms with Crippen molar-refractivity contribution in [1.82, 2.24) is 15.6 Å². The van der Waals surface area contributed by atoms with Crippen LogP contribution >= 0.6 is 0 Å². The van der Waals surface area contributed by atoms with Crippen LogP contribution < -0.4 is 10.6 Å². The Morgan fingerprint density at radius 2 is 1.60 bits per heavy atom. The summed E-state index contributed by atoms with van der Waals surface area (Å²) < 4.78 is 5.47. The molecule has 4 aromatic rings. The molecule has 0 unspecified atom stereocenters. The number of esters is 1. The van der Waals surface area contributed by atoms with E-state index in [4.69, 9.17) is 4.74 Å². The van der Waals surface area contributed by atoms with Gasteiger partial charge in [-0.2, -0.15) is 0 Å². The number of nitrogens with one attached hydrogen (secondary N) is 3. The Kier molecular flexibility index (Phi) is 8.90. The first-order valence-corrected chi connectivity index (χ1v) is 12.8. The third-order valence-electron chi connectivity index (χ3n) is 6.51. The predicted octanol–water partition coefficient (Wildman–Crippen LogP) is 4.30. The normalized spacial score (nSPS) is 12.5. The maximum Gasteiger partial charge on any atom is 0.329 e. The standard InChI is InChI=1S/C30H30N4O6/c1-19(2)27(30(37)40-18-20-10-4-3-5-11-20)33-29(36)25(16-21-17-31-24-14-8-6-12-22(21)24)32-28(35)23-13-7-9-15-26(23)34(38)39/h3-15,17,19,25,27,31H,16,18H2,1-2H3,(H,32,35)(H,33,36)/t25-,27+/m1/s1. The number of carbonyl (C=O) groups excluding carboxylic acids is 3. The summed E-state index contributed by atoms with van der Waals surface area (Å²) in [7, 11) is 0. The number of nitro groups is 1. The zero-order chi connectivity index (χ0) is 28.6. The molecule has 0 bridgehead atoms. The summed E-state index contributed by atoms with van der Waals surface area (Å²) in [5, 5.41) is 17.7. The van der Waals surface area contributed by atoms with E-state index in [1.807, 2.05) is 54.6 Å². The van der Waals surface area contributed by atoms with Crippen molar-refractivity contribution in [3.8, 4) is 0 Å². The monoisotopic (exact) mass is 542 g/mol. The van der Waals surface area contributed by atoms with Gasteiger partial charge in [0.15, 0.2) is 0 Å². The quantitative estimate of drug-likeness (QED) is 0.146. The molecule has 206 valence electrons. The molecule has 0 radical (unpaired) electrons. The Bertz CT molecular complexity index is 1510. The van der Waals surface area contributed by atoms with Gasteiger partial charge >= 0.3 is 5.97 Å². The lowest BCUT2D eigenvalue weighted by molar-refractivity contribution is -0.385. The smallest absolute Gasteiger partial charge is 0.329 e. The van der Waals surface area contributed by atoms with Crippen LogP contribution in [0, 0.1) is 16.0 Å². The molecule has 0 aliphatic carbocycles. The van der Waals surface area contributed by atoms with E-state index in [9.17, 15) is 24.5 Å². The highest BCUT2D eigenvalue weighted by molar-refractivity contribution is 6.01. The zero-order valence-electron chi connectivity index (χ0n) is 22.1. The van der Waals surface area contributed by atoms with E-state index in [1.165, 1.54) is 24.3 Å². The number of amides is 2. The van der Waals surface area contributed by atoms with Gasteiger partial charge in [-0.25, -0.2) is 4.79 Å². The molecule has 0 spiro atoms. The molecule has 1 aromatic heterocycles. The number of hydrogen-bond acceptors (Lipinski definition) is 6. The second-order valence-corrected chi connectivity index (χ2v) is 9.69. The number of hydrogen-bond donors (Lipinski definition) is 3. The second-order valence-electron chi connectivity index (χ2n) is 9.69. The Balaban J connectivity index is 1.57. The number of H-pyrrole nitrogens is 1. The number of nitrogens with zero attached hydrogens (tertiary/aromatic N) is 1. The van der Waals surface area contributed by atoms with Crippen molar-refractivity contribution in [2.24, 2.45) is 5.92 Å². The summed E-state index contributed by atoms with van der Waals surface area (Å²) in [4.78, 5) is 53.8. The largest absolute Gasteiger partial charge is 0.459 e. The first kappa shape index (κ1) is 28.0. The average Bonchev–Trinajstić information content (AvgIpc) is 3.37. The van der Waals surface area contributed by atoms with Gasteiger partial charge in [0.05, 0.1) is 4.92 Å². The van der Waals surface area contributed by atoms with Crippen LogP contribution in [-0.2, 0) is 27.4 Å². The number of rotatable bonds is 11. The van der Waals surface area contributed by atoms with Gasteiger partial charge in [0.2, 0.25) is 5.91 Å². The van der Waals surface area contributed by atoms with Crippen LogP contribution in [0.5, 0.6) is 0 Å². The topological polar surface area (TPSA) is 143 Å². The van der Waals surface area contributed by atoms with Crippen LogP contribution in [0.3, 0.4) is 0 Å². The van der Waals surface area contributed by atoms with Gasteiger partial charge in [0, 0.05) is 29.6 Å².